The van der Waals surface area contributed by atoms with Crippen LogP contribution < -0.4 is 11.1 Å². The number of nitrogen functional groups attached to an aromatic ring is 1. The first-order chi connectivity index (χ1) is 24.2. The van der Waals surface area contributed by atoms with Crippen molar-refractivity contribution in [3.63, 3.8) is 0 Å². The number of carbonyl (C=O) groups excluding carboxylic acids is 3. The average molecular weight is 725 g/mol. The number of benzene rings is 2. The number of hydrogen-bond acceptors (Lipinski definition) is 6. The average Bonchev–Trinajstić information content (AvgIpc) is 3.58. The minimum absolute atomic E-state index is 0.167. The summed E-state index contributed by atoms with van der Waals surface area (Å²) in [7, 11) is 0. The van der Waals surface area contributed by atoms with Gasteiger partial charge in [-0.05, 0) is 87.4 Å². The van der Waals surface area contributed by atoms with Crippen molar-refractivity contribution in [3.8, 4) is 0 Å². The van der Waals surface area contributed by atoms with Gasteiger partial charge in [0.2, 0.25) is 0 Å². The van der Waals surface area contributed by atoms with Crippen molar-refractivity contribution in [2.75, 3.05) is 56.9 Å². The van der Waals surface area contributed by atoms with Crippen molar-refractivity contribution in [1.82, 2.24) is 19.6 Å². The maximum atomic E-state index is 13.9. The first-order valence-electron chi connectivity index (χ1n) is 17.4. The van der Waals surface area contributed by atoms with E-state index in [4.69, 9.17) is 10.5 Å². The Morgan fingerprint density at radius 3 is 2.00 bits per heavy atom. The van der Waals surface area contributed by atoms with Gasteiger partial charge >= 0.3 is 24.5 Å². The Morgan fingerprint density at radius 2 is 1.39 bits per heavy atom. The molecular weight excluding hydrogens is 682 g/mol. The molecule has 6 rings (SSSR count). The van der Waals surface area contributed by atoms with Gasteiger partial charge in [0, 0.05) is 56.9 Å². The second-order valence-corrected chi connectivity index (χ2v) is 13.7. The molecule has 0 radical (unpaired) electrons. The number of fused-ring (bicyclic) bond motifs is 1. The fourth-order valence-electron chi connectivity index (χ4n) is 7.75. The van der Waals surface area contributed by atoms with E-state index in [1.807, 2.05) is 24.3 Å². The molecule has 16 heteroatoms. The molecule has 4 aliphatic rings. The number of piperidine rings is 2. The number of amides is 4. The fraction of sp³-hybridized carbons (Fsp3) is 0.571. The van der Waals surface area contributed by atoms with Crippen molar-refractivity contribution in [2.24, 2.45) is 0 Å². The number of ether oxygens (including phenoxy) is 1. The molecule has 10 nitrogen and oxygen atoms in total. The van der Waals surface area contributed by atoms with E-state index in [1.165, 1.54) is 9.80 Å². The molecule has 1 atom stereocenters. The SMILES string of the molecule is Nc1c(C(F)(F)F)cc(CC(OC(=O)N2CCC(N3CCc4ccccc4NC3=O)CC2)C(=O)N2CCC(N3CCCC3)CC2)cc1C(F)(F)F. The molecule has 51 heavy (non-hydrogen) atoms. The zero-order valence-electron chi connectivity index (χ0n) is 28.1. The molecule has 2 aromatic rings. The maximum absolute atomic E-state index is 13.9. The van der Waals surface area contributed by atoms with Crippen molar-refractivity contribution in [2.45, 2.75) is 81.9 Å². The molecule has 1 unspecified atom stereocenters. The summed E-state index contributed by atoms with van der Waals surface area (Å²) in [6, 6.07) is 8.31. The van der Waals surface area contributed by atoms with Gasteiger partial charge in [-0.3, -0.25) is 4.79 Å². The first kappa shape index (κ1) is 36.6. The van der Waals surface area contributed by atoms with Crippen LogP contribution in [0.15, 0.2) is 36.4 Å². The molecule has 4 amide bonds. The van der Waals surface area contributed by atoms with E-state index >= 15 is 0 Å². The standard InChI is InChI=1S/C35H42F6N6O4/c36-34(37,38)26-19-22(20-27(30(26)42)35(39,40)41)21-29(31(48)45-14-8-24(9-15-45)44-12-3-4-13-44)51-33(50)46-16-10-25(11-17-46)47-18-7-23-5-1-2-6-28(23)43-32(47)49/h1-2,5-6,19-20,24-25,29H,3-4,7-18,21,42H2,(H,43,49). The van der Waals surface area contributed by atoms with Crippen LogP contribution in [0.2, 0.25) is 0 Å². The molecule has 0 aromatic heterocycles. The van der Waals surface area contributed by atoms with Gasteiger partial charge in [0.15, 0.2) is 6.10 Å². The molecule has 0 aliphatic carbocycles. The Kier molecular flexibility index (Phi) is 10.6. The van der Waals surface area contributed by atoms with Gasteiger partial charge in [-0.1, -0.05) is 18.2 Å². The molecule has 0 saturated carbocycles. The summed E-state index contributed by atoms with van der Waals surface area (Å²) in [6.45, 7) is 3.36. The number of nitrogens with two attached hydrogens (primary N) is 1. The number of alkyl halides is 6. The van der Waals surface area contributed by atoms with E-state index in [0.29, 0.717) is 63.9 Å². The smallest absolute Gasteiger partial charge is 0.418 e. The zero-order valence-corrected chi connectivity index (χ0v) is 28.1. The van der Waals surface area contributed by atoms with E-state index in [0.717, 1.165) is 37.2 Å². The van der Waals surface area contributed by atoms with Gasteiger partial charge in [-0.15, -0.1) is 0 Å². The van der Waals surface area contributed by atoms with E-state index in [1.54, 1.807) is 4.90 Å². The van der Waals surface area contributed by atoms with Crippen molar-refractivity contribution in [3.05, 3.63) is 58.7 Å². The van der Waals surface area contributed by atoms with Crippen LogP contribution >= 0.6 is 0 Å². The van der Waals surface area contributed by atoms with Crippen LogP contribution in [0.25, 0.3) is 0 Å². The molecule has 3 saturated heterocycles. The number of urea groups is 1. The van der Waals surface area contributed by atoms with Crippen LogP contribution in [-0.2, 0) is 34.7 Å². The van der Waals surface area contributed by atoms with Crippen molar-refractivity contribution < 1.29 is 45.5 Å². The lowest BCUT2D eigenvalue weighted by Gasteiger charge is -2.39. The highest BCUT2D eigenvalue weighted by molar-refractivity contribution is 5.91. The highest BCUT2D eigenvalue weighted by atomic mass is 19.4. The third-order valence-electron chi connectivity index (χ3n) is 10.5. The molecule has 3 fully saturated rings. The third kappa shape index (κ3) is 8.31. The van der Waals surface area contributed by atoms with Gasteiger partial charge in [-0.2, -0.15) is 26.3 Å². The number of hydrogen-bond donors (Lipinski definition) is 2. The molecule has 0 bridgehead atoms. The monoisotopic (exact) mass is 724 g/mol. The van der Waals surface area contributed by atoms with Crippen LogP contribution in [0.4, 0.5) is 47.3 Å². The Hall–Kier alpha value is -4.21. The van der Waals surface area contributed by atoms with Crippen molar-refractivity contribution in [1.29, 1.82) is 0 Å². The number of nitrogens with one attached hydrogen (secondary N) is 1. The van der Waals surface area contributed by atoms with Gasteiger partial charge < -0.3 is 35.4 Å². The minimum atomic E-state index is -5.20. The highest BCUT2D eigenvalue weighted by Gasteiger charge is 2.42. The summed E-state index contributed by atoms with van der Waals surface area (Å²) in [4.78, 5) is 47.4. The predicted octanol–water partition coefficient (Wildman–Crippen LogP) is 6.00. The zero-order chi connectivity index (χ0) is 36.5. The second-order valence-electron chi connectivity index (χ2n) is 13.7. The minimum Gasteiger partial charge on any atom is -0.436 e. The number of anilines is 2. The molecular formula is C35H42F6N6O4. The van der Waals surface area contributed by atoms with Crippen LogP contribution in [0.1, 0.15) is 60.8 Å². The summed E-state index contributed by atoms with van der Waals surface area (Å²) in [5, 5.41) is 2.93. The molecule has 4 heterocycles. The van der Waals surface area contributed by atoms with Crippen LogP contribution in [0.3, 0.4) is 0 Å². The normalized spacial score (nSPS) is 20.5. The topological polar surface area (TPSA) is 111 Å². The second kappa shape index (κ2) is 14.8. The largest absolute Gasteiger partial charge is 0.436 e. The Labute approximate surface area is 291 Å². The van der Waals surface area contributed by atoms with Gasteiger partial charge in [0.25, 0.3) is 5.91 Å². The highest BCUT2D eigenvalue weighted by Crippen LogP contribution is 2.42. The molecule has 3 N–H and O–H groups in total. The Morgan fingerprint density at radius 1 is 0.824 bits per heavy atom. The molecule has 278 valence electrons. The third-order valence-corrected chi connectivity index (χ3v) is 10.5. The molecule has 0 spiro atoms. The predicted molar refractivity (Wildman–Crippen MR) is 176 cm³/mol. The van der Waals surface area contributed by atoms with Crippen molar-refractivity contribution >= 4 is 29.4 Å². The lowest BCUT2D eigenvalue weighted by Crippen LogP contribution is -2.52. The van der Waals surface area contributed by atoms with E-state index in [9.17, 15) is 40.7 Å². The summed E-state index contributed by atoms with van der Waals surface area (Å²) < 4.78 is 88.7. The Bertz CT molecular complexity index is 1560. The number of rotatable bonds is 6. The lowest BCUT2D eigenvalue weighted by molar-refractivity contribution is -0.142. The van der Waals surface area contributed by atoms with Crippen LogP contribution in [0.5, 0.6) is 0 Å². The van der Waals surface area contributed by atoms with E-state index in [-0.39, 0.29) is 31.2 Å². The number of likely N-dealkylation sites (tertiary alicyclic amines) is 3. The fourth-order valence-corrected chi connectivity index (χ4v) is 7.75. The van der Waals surface area contributed by atoms with Crippen LogP contribution in [-0.4, -0.2) is 102 Å². The summed E-state index contributed by atoms with van der Waals surface area (Å²) in [5.74, 6) is -0.683. The number of para-hydroxylation sites is 1. The van der Waals surface area contributed by atoms with Gasteiger partial charge in [-0.25, -0.2) is 9.59 Å². The van der Waals surface area contributed by atoms with Gasteiger partial charge in [0.1, 0.15) is 0 Å². The van der Waals surface area contributed by atoms with Crippen LogP contribution in [0, 0.1) is 0 Å². The summed E-state index contributed by atoms with van der Waals surface area (Å²) in [5.41, 5.74) is 1.77. The number of nitrogens with zero attached hydrogens (tertiary/aromatic N) is 4. The maximum Gasteiger partial charge on any atom is 0.418 e. The molecule has 4 aliphatic heterocycles. The Balaban J connectivity index is 1.17. The van der Waals surface area contributed by atoms with Gasteiger partial charge in [0.05, 0.1) is 16.8 Å². The summed E-state index contributed by atoms with van der Waals surface area (Å²) >= 11 is 0. The van der Waals surface area contributed by atoms with E-state index in [2.05, 4.69) is 10.2 Å². The number of halogens is 6. The molecule has 2 aromatic carbocycles. The van der Waals surface area contributed by atoms with E-state index < -0.39 is 59.3 Å². The number of carbonyl (C=O) groups is 3. The quantitative estimate of drug-likeness (QED) is 0.280. The first-order valence-corrected chi connectivity index (χ1v) is 17.4. The summed E-state index contributed by atoms with van der Waals surface area (Å²) in [6.07, 6.45) is -8.77. The lowest BCUT2D eigenvalue weighted by atomic mass is 9.97.